The minimum absolute atomic E-state index is 0.00300. The van der Waals surface area contributed by atoms with Gasteiger partial charge in [-0.2, -0.15) is 5.10 Å². The molecule has 0 saturated carbocycles. The van der Waals surface area contributed by atoms with Gasteiger partial charge in [0.1, 0.15) is 0 Å². The molecule has 0 aliphatic carbocycles. The first-order chi connectivity index (χ1) is 11.9. The number of rotatable bonds is 4. The van der Waals surface area contributed by atoms with Crippen LogP contribution in [0.15, 0.2) is 6.07 Å². The molecule has 3 heterocycles. The number of thioether (sulfide) groups is 1. The summed E-state index contributed by atoms with van der Waals surface area (Å²) in [6.07, 6.45) is 0. The minimum atomic E-state index is 0.00300. The summed E-state index contributed by atoms with van der Waals surface area (Å²) in [6, 6.07) is 1.86. The van der Waals surface area contributed by atoms with Gasteiger partial charge in [0, 0.05) is 32.7 Å². The van der Waals surface area contributed by atoms with E-state index in [2.05, 4.69) is 30.9 Å². The lowest BCUT2D eigenvalue weighted by atomic mass is 10.2. The first kappa shape index (κ1) is 18.3. The molecular formula is C17H27N5O2S. The first-order valence-corrected chi connectivity index (χ1v) is 9.93. The summed E-state index contributed by atoms with van der Waals surface area (Å²) in [6.45, 7) is 9.34. The largest absolute Gasteiger partial charge is 0.335 e. The molecule has 0 aromatic carbocycles. The molecule has 0 radical (unpaired) electrons. The van der Waals surface area contributed by atoms with Gasteiger partial charge in [-0.1, -0.05) is 13.8 Å². The normalized spacial score (nSPS) is 18.6. The van der Waals surface area contributed by atoms with Crippen LogP contribution in [0.25, 0.3) is 0 Å². The Morgan fingerprint density at radius 1 is 1.12 bits per heavy atom. The van der Waals surface area contributed by atoms with Crippen molar-refractivity contribution in [2.45, 2.75) is 32.2 Å². The molecule has 1 fully saturated rings. The molecular weight excluding hydrogens is 338 g/mol. The number of aromatic nitrogens is 2. The van der Waals surface area contributed by atoms with Crippen molar-refractivity contribution in [1.29, 1.82) is 0 Å². The fourth-order valence-electron chi connectivity index (χ4n) is 3.08. The lowest BCUT2D eigenvalue weighted by Crippen LogP contribution is -2.47. The monoisotopic (exact) mass is 365 g/mol. The third-order valence-corrected chi connectivity index (χ3v) is 5.78. The fraction of sp³-hybridized carbons (Fsp3) is 0.706. The number of nitrogens with zero attached hydrogens (tertiary/aromatic N) is 5. The van der Waals surface area contributed by atoms with Crippen molar-refractivity contribution in [3.8, 4) is 0 Å². The quantitative estimate of drug-likeness (QED) is 0.788. The lowest BCUT2D eigenvalue weighted by Gasteiger charge is -2.31. The molecule has 1 aromatic heterocycles. The van der Waals surface area contributed by atoms with Gasteiger partial charge < -0.3 is 14.7 Å². The van der Waals surface area contributed by atoms with Crippen molar-refractivity contribution in [2.75, 3.05) is 45.5 Å². The Bertz CT molecular complexity index is 637. The molecule has 2 aliphatic rings. The summed E-state index contributed by atoms with van der Waals surface area (Å²) >= 11 is 1.66. The van der Waals surface area contributed by atoms with Gasteiger partial charge in [-0.05, 0) is 18.4 Å². The highest BCUT2D eigenvalue weighted by Gasteiger charge is 2.27. The molecule has 8 heteroatoms. The van der Waals surface area contributed by atoms with Gasteiger partial charge in [-0.15, -0.1) is 11.8 Å². The number of fused-ring (bicyclic) bond motifs is 1. The highest BCUT2D eigenvalue weighted by molar-refractivity contribution is 8.00. The Kier molecular flexibility index (Phi) is 5.68. The van der Waals surface area contributed by atoms with Crippen LogP contribution in [-0.4, -0.2) is 87.1 Å². The second-order valence-corrected chi connectivity index (χ2v) is 8.58. The van der Waals surface area contributed by atoms with Crippen molar-refractivity contribution in [3.63, 3.8) is 0 Å². The van der Waals surface area contributed by atoms with Gasteiger partial charge in [-0.25, -0.2) is 0 Å². The van der Waals surface area contributed by atoms with Crippen LogP contribution < -0.4 is 0 Å². The third-order valence-electron chi connectivity index (χ3n) is 4.70. The zero-order valence-corrected chi connectivity index (χ0v) is 16.1. The summed E-state index contributed by atoms with van der Waals surface area (Å²) in [5.41, 5.74) is 1.46. The molecule has 138 valence electrons. The maximum atomic E-state index is 12.7. The van der Waals surface area contributed by atoms with E-state index in [1.54, 1.807) is 11.8 Å². The summed E-state index contributed by atoms with van der Waals surface area (Å²) in [4.78, 5) is 31.0. The van der Waals surface area contributed by atoms with Crippen molar-refractivity contribution in [2.24, 2.45) is 0 Å². The van der Waals surface area contributed by atoms with Gasteiger partial charge in [0.15, 0.2) is 5.69 Å². The van der Waals surface area contributed by atoms with E-state index < -0.39 is 0 Å². The van der Waals surface area contributed by atoms with E-state index in [-0.39, 0.29) is 11.8 Å². The Labute approximate surface area is 153 Å². The molecule has 0 N–H and O–H groups in total. The van der Waals surface area contributed by atoms with Crippen LogP contribution in [0, 0.1) is 0 Å². The van der Waals surface area contributed by atoms with E-state index in [0.717, 1.165) is 31.9 Å². The Morgan fingerprint density at radius 2 is 1.80 bits per heavy atom. The van der Waals surface area contributed by atoms with E-state index in [1.165, 1.54) is 0 Å². The molecule has 1 aromatic rings. The number of amides is 2. The van der Waals surface area contributed by atoms with E-state index in [0.29, 0.717) is 36.3 Å². The molecule has 25 heavy (non-hydrogen) atoms. The molecule has 0 spiro atoms. The lowest BCUT2D eigenvalue weighted by molar-refractivity contribution is -0.129. The zero-order chi connectivity index (χ0) is 18.0. The van der Waals surface area contributed by atoms with Crippen molar-refractivity contribution in [3.05, 3.63) is 17.5 Å². The molecule has 0 unspecified atom stereocenters. The van der Waals surface area contributed by atoms with E-state index in [1.807, 2.05) is 20.5 Å². The van der Waals surface area contributed by atoms with Crippen molar-refractivity contribution >= 4 is 23.6 Å². The summed E-state index contributed by atoms with van der Waals surface area (Å²) in [5.74, 6) is 0.681. The predicted octanol–water partition coefficient (Wildman–Crippen LogP) is 0.755. The van der Waals surface area contributed by atoms with Crippen LogP contribution >= 0.6 is 11.8 Å². The molecule has 2 amide bonds. The first-order valence-electron chi connectivity index (χ1n) is 8.88. The molecule has 1 saturated heterocycles. The van der Waals surface area contributed by atoms with Crippen LogP contribution in [0.1, 0.15) is 30.0 Å². The molecule has 0 atom stereocenters. The van der Waals surface area contributed by atoms with Crippen LogP contribution in [0.5, 0.6) is 0 Å². The second kappa shape index (κ2) is 7.78. The van der Waals surface area contributed by atoms with Crippen LogP contribution in [0.3, 0.4) is 0 Å². The van der Waals surface area contributed by atoms with E-state index >= 15 is 0 Å². The highest BCUT2D eigenvalue weighted by atomic mass is 32.2. The standard InChI is InChI=1S/C17H27N5O2S/c1-13(2)25-12-16(23)21-8-9-22-14(11-21)10-15(18-22)17(24)20-6-4-19(3)5-7-20/h10,13H,4-9,11-12H2,1-3H3. The summed E-state index contributed by atoms with van der Waals surface area (Å²) < 4.78 is 1.88. The number of likely N-dealkylation sites (N-methyl/N-ethyl adjacent to an activating group) is 1. The fourth-order valence-corrected chi connectivity index (χ4v) is 3.74. The topological polar surface area (TPSA) is 61.7 Å². The highest BCUT2D eigenvalue weighted by Crippen LogP contribution is 2.18. The smallest absolute Gasteiger partial charge is 0.274 e. The molecule has 0 bridgehead atoms. The molecule has 2 aliphatic heterocycles. The molecule has 3 rings (SSSR count). The third kappa shape index (κ3) is 4.36. The van der Waals surface area contributed by atoms with Gasteiger partial charge in [0.2, 0.25) is 5.91 Å². The van der Waals surface area contributed by atoms with Gasteiger partial charge in [0.25, 0.3) is 5.91 Å². The average molecular weight is 366 g/mol. The number of hydrogen-bond acceptors (Lipinski definition) is 5. The maximum absolute atomic E-state index is 12.7. The van der Waals surface area contributed by atoms with Gasteiger partial charge in [0.05, 0.1) is 24.5 Å². The average Bonchev–Trinajstić information content (AvgIpc) is 3.02. The second-order valence-electron chi connectivity index (χ2n) is 7.01. The Balaban J connectivity index is 1.62. The van der Waals surface area contributed by atoms with Crippen LogP contribution in [-0.2, 0) is 17.9 Å². The Morgan fingerprint density at radius 3 is 2.48 bits per heavy atom. The number of carbonyl (C=O) groups is 2. The minimum Gasteiger partial charge on any atom is -0.335 e. The SMILES string of the molecule is CC(C)SCC(=O)N1CCn2nc(C(=O)N3CCN(C)CC3)cc2C1. The number of piperazine rings is 1. The summed E-state index contributed by atoms with van der Waals surface area (Å²) in [7, 11) is 2.07. The number of hydrogen-bond donors (Lipinski definition) is 0. The molecule has 7 nitrogen and oxygen atoms in total. The van der Waals surface area contributed by atoms with E-state index in [9.17, 15) is 9.59 Å². The van der Waals surface area contributed by atoms with Crippen LogP contribution in [0.4, 0.5) is 0 Å². The number of carbonyl (C=O) groups excluding carboxylic acids is 2. The van der Waals surface area contributed by atoms with Gasteiger partial charge >= 0.3 is 0 Å². The Hall–Kier alpha value is -1.54. The predicted molar refractivity (Wildman–Crippen MR) is 98.6 cm³/mol. The van der Waals surface area contributed by atoms with E-state index in [4.69, 9.17) is 0 Å². The maximum Gasteiger partial charge on any atom is 0.274 e. The zero-order valence-electron chi connectivity index (χ0n) is 15.3. The summed E-state index contributed by atoms with van der Waals surface area (Å²) in [5, 5.41) is 4.93. The van der Waals surface area contributed by atoms with Crippen LogP contribution in [0.2, 0.25) is 0 Å². The van der Waals surface area contributed by atoms with Crippen molar-refractivity contribution < 1.29 is 9.59 Å². The van der Waals surface area contributed by atoms with Crippen molar-refractivity contribution in [1.82, 2.24) is 24.5 Å². The van der Waals surface area contributed by atoms with Gasteiger partial charge in [-0.3, -0.25) is 14.3 Å².